The highest BCUT2D eigenvalue weighted by atomic mass is 16.5. The van der Waals surface area contributed by atoms with E-state index in [2.05, 4.69) is 50.8 Å². The van der Waals surface area contributed by atoms with Crippen molar-refractivity contribution in [2.45, 2.75) is 32.6 Å². The third-order valence-corrected chi connectivity index (χ3v) is 4.97. The maximum atomic E-state index is 5.30. The first kappa shape index (κ1) is 15.8. The van der Waals surface area contributed by atoms with E-state index >= 15 is 0 Å². The lowest BCUT2D eigenvalue weighted by Crippen LogP contribution is -2.36. The molecule has 0 fully saturated rings. The molecule has 0 amide bonds. The van der Waals surface area contributed by atoms with Crippen molar-refractivity contribution < 1.29 is 4.74 Å². The second kappa shape index (κ2) is 6.69. The van der Waals surface area contributed by atoms with Crippen LogP contribution in [0.1, 0.15) is 28.6 Å². The van der Waals surface area contributed by atoms with E-state index in [1.807, 2.05) is 30.7 Å². The average Bonchev–Trinajstić information content (AvgIpc) is 3.10. The second-order valence-electron chi connectivity index (χ2n) is 6.49. The first-order valence-corrected chi connectivity index (χ1v) is 8.52. The Hall–Kier alpha value is -2.66. The highest BCUT2D eigenvalue weighted by Gasteiger charge is 2.28. The number of aromatic nitrogens is 3. The van der Waals surface area contributed by atoms with Crippen LogP contribution in [0.25, 0.3) is 0 Å². The van der Waals surface area contributed by atoms with Crippen LogP contribution in [0.2, 0.25) is 0 Å². The molecule has 25 heavy (non-hydrogen) atoms. The van der Waals surface area contributed by atoms with Gasteiger partial charge in [-0.1, -0.05) is 12.1 Å². The van der Waals surface area contributed by atoms with Gasteiger partial charge in [0.2, 0.25) is 0 Å². The smallest absolute Gasteiger partial charge is 0.122 e. The van der Waals surface area contributed by atoms with Gasteiger partial charge in [-0.3, -0.25) is 9.88 Å². The van der Waals surface area contributed by atoms with E-state index in [0.717, 1.165) is 31.2 Å². The SMILES string of the molecule is COc1ccc([C@H]2Cn3ccnc3CN2Cc2ccncc2C)cc1. The Labute approximate surface area is 147 Å². The van der Waals surface area contributed by atoms with Crippen LogP contribution in [0.5, 0.6) is 5.75 Å². The van der Waals surface area contributed by atoms with Crippen molar-refractivity contribution in [1.29, 1.82) is 0 Å². The Morgan fingerprint density at radius 1 is 1.16 bits per heavy atom. The quantitative estimate of drug-likeness (QED) is 0.734. The highest BCUT2D eigenvalue weighted by molar-refractivity contribution is 5.30. The zero-order valence-corrected chi connectivity index (χ0v) is 14.6. The first-order chi connectivity index (χ1) is 12.2. The van der Waals surface area contributed by atoms with Gasteiger partial charge in [-0.05, 0) is 41.8 Å². The summed E-state index contributed by atoms with van der Waals surface area (Å²) in [5, 5.41) is 0. The van der Waals surface area contributed by atoms with Crippen LogP contribution in [0.4, 0.5) is 0 Å². The number of methoxy groups -OCH3 is 1. The standard InChI is InChI=1S/C20H22N4O/c1-15-11-21-8-7-17(15)12-24-14-20-22-9-10-23(20)13-19(24)16-3-5-18(25-2)6-4-16/h3-11,19H,12-14H2,1-2H3/t19-/m1/s1. The molecule has 2 aromatic heterocycles. The molecule has 0 aliphatic carbocycles. The zero-order valence-electron chi connectivity index (χ0n) is 14.6. The van der Waals surface area contributed by atoms with Crippen molar-refractivity contribution in [3.63, 3.8) is 0 Å². The maximum absolute atomic E-state index is 5.30. The molecule has 5 heteroatoms. The normalized spacial score (nSPS) is 17.3. The number of aryl methyl sites for hydroxylation is 1. The van der Waals surface area contributed by atoms with Crippen molar-refractivity contribution in [1.82, 2.24) is 19.4 Å². The molecule has 0 unspecified atom stereocenters. The molecule has 0 saturated heterocycles. The van der Waals surface area contributed by atoms with Crippen LogP contribution < -0.4 is 4.74 Å². The lowest BCUT2D eigenvalue weighted by Gasteiger charge is -2.36. The maximum Gasteiger partial charge on any atom is 0.122 e. The summed E-state index contributed by atoms with van der Waals surface area (Å²) >= 11 is 0. The van der Waals surface area contributed by atoms with Crippen LogP contribution in [-0.2, 0) is 19.6 Å². The number of benzene rings is 1. The molecule has 1 aliphatic rings. The van der Waals surface area contributed by atoms with Crippen molar-refractivity contribution in [2.75, 3.05) is 7.11 Å². The Morgan fingerprint density at radius 3 is 2.76 bits per heavy atom. The fourth-order valence-corrected chi connectivity index (χ4v) is 3.46. The summed E-state index contributed by atoms with van der Waals surface area (Å²) in [7, 11) is 1.70. The minimum absolute atomic E-state index is 0.306. The summed E-state index contributed by atoms with van der Waals surface area (Å²) in [5.74, 6) is 2.01. The molecule has 0 spiro atoms. The number of hydrogen-bond acceptors (Lipinski definition) is 4. The van der Waals surface area contributed by atoms with Crippen molar-refractivity contribution >= 4 is 0 Å². The fraction of sp³-hybridized carbons (Fsp3) is 0.300. The number of hydrogen-bond donors (Lipinski definition) is 0. The summed E-state index contributed by atoms with van der Waals surface area (Å²) in [6.45, 7) is 4.75. The van der Waals surface area contributed by atoms with Gasteiger partial charge < -0.3 is 9.30 Å². The van der Waals surface area contributed by atoms with E-state index in [1.165, 1.54) is 16.7 Å². The molecule has 1 aliphatic heterocycles. The molecule has 0 bridgehead atoms. The van der Waals surface area contributed by atoms with E-state index in [0.29, 0.717) is 6.04 Å². The molecule has 3 aromatic rings. The van der Waals surface area contributed by atoms with Crippen LogP contribution in [-0.4, -0.2) is 26.5 Å². The Morgan fingerprint density at radius 2 is 2.00 bits per heavy atom. The molecule has 5 nitrogen and oxygen atoms in total. The van der Waals surface area contributed by atoms with Crippen LogP contribution in [0, 0.1) is 6.92 Å². The van der Waals surface area contributed by atoms with Crippen molar-refractivity contribution in [2.24, 2.45) is 0 Å². The number of ether oxygens (including phenoxy) is 1. The van der Waals surface area contributed by atoms with Crippen LogP contribution >= 0.6 is 0 Å². The fourth-order valence-electron chi connectivity index (χ4n) is 3.46. The number of fused-ring (bicyclic) bond motifs is 1. The van der Waals surface area contributed by atoms with Gasteiger partial charge in [-0.2, -0.15) is 0 Å². The average molecular weight is 334 g/mol. The number of pyridine rings is 1. The van der Waals surface area contributed by atoms with E-state index in [-0.39, 0.29) is 0 Å². The second-order valence-corrected chi connectivity index (χ2v) is 6.49. The molecule has 3 heterocycles. The number of nitrogens with zero attached hydrogens (tertiary/aromatic N) is 4. The highest BCUT2D eigenvalue weighted by Crippen LogP contribution is 2.31. The van der Waals surface area contributed by atoms with Gasteiger partial charge in [0.15, 0.2) is 0 Å². The van der Waals surface area contributed by atoms with E-state index in [9.17, 15) is 0 Å². The largest absolute Gasteiger partial charge is 0.497 e. The summed E-state index contributed by atoms with van der Waals surface area (Å²) in [5.41, 5.74) is 3.84. The molecular weight excluding hydrogens is 312 g/mol. The Balaban J connectivity index is 1.66. The van der Waals surface area contributed by atoms with Gasteiger partial charge in [0, 0.05) is 37.9 Å². The van der Waals surface area contributed by atoms with E-state index in [4.69, 9.17) is 4.74 Å². The van der Waals surface area contributed by atoms with Crippen LogP contribution in [0.15, 0.2) is 55.1 Å². The van der Waals surface area contributed by atoms with E-state index in [1.54, 1.807) is 7.11 Å². The van der Waals surface area contributed by atoms with Gasteiger partial charge in [0.25, 0.3) is 0 Å². The lowest BCUT2D eigenvalue weighted by molar-refractivity contribution is 0.128. The Kier molecular flexibility index (Phi) is 4.24. The zero-order chi connectivity index (χ0) is 17.2. The molecule has 0 radical (unpaired) electrons. The number of imidazole rings is 1. The van der Waals surface area contributed by atoms with Gasteiger partial charge in [0.05, 0.1) is 19.7 Å². The van der Waals surface area contributed by atoms with Gasteiger partial charge >= 0.3 is 0 Å². The van der Waals surface area contributed by atoms with Gasteiger partial charge in [-0.25, -0.2) is 4.98 Å². The monoisotopic (exact) mass is 334 g/mol. The van der Waals surface area contributed by atoms with Gasteiger partial charge in [-0.15, -0.1) is 0 Å². The lowest BCUT2D eigenvalue weighted by atomic mass is 10.0. The Bertz CT molecular complexity index is 856. The predicted octanol–water partition coefficient (Wildman–Crippen LogP) is 3.35. The number of rotatable bonds is 4. The molecule has 0 saturated carbocycles. The van der Waals surface area contributed by atoms with E-state index < -0.39 is 0 Å². The van der Waals surface area contributed by atoms with Crippen molar-refractivity contribution in [3.05, 3.63) is 77.6 Å². The summed E-state index contributed by atoms with van der Waals surface area (Å²) < 4.78 is 7.56. The third-order valence-electron chi connectivity index (χ3n) is 4.97. The predicted molar refractivity (Wildman–Crippen MR) is 96.2 cm³/mol. The topological polar surface area (TPSA) is 43.2 Å². The molecule has 128 valence electrons. The third kappa shape index (κ3) is 3.15. The van der Waals surface area contributed by atoms with Crippen LogP contribution in [0.3, 0.4) is 0 Å². The molecule has 0 N–H and O–H groups in total. The molecule has 1 atom stereocenters. The summed E-state index contributed by atoms with van der Waals surface area (Å²) in [6.07, 6.45) is 7.76. The summed E-state index contributed by atoms with van der Waals surface area (Å²) in [6, 6.07) is 10.8. The molecule has 1 aromatic carbocycles. The minimum Gasteiger partial charge on any atom is -0.497 e. The first-order valence-electron chi connectivity index (χ1n) is 8.52. The molecule has 4 rings (SSSR count). The molecular formula is C20H22N4O. The van der Waals surface area contributed by atoms with Gasteiger partial charge in [0.1, 0.15) is 11.6 Å². The van der Waals surface area contributed by atoms with Crippen molar-refractivity contribution in [3.8, 4) is 5.75 Å². The summed E-state index contributed by atoms with van der Waals surface area (Å²) in [4.78, 5) is 11.2. The minimum atomic E-state index is 0.306.